The first-order valence-electron chi connectivity index (χ1n) is 3.78. The molecule has 0 aliphatic rings. The van der Waals surface area contributed by atoms with E-state index in [1.54, 1.807) is 11.7 Å². The van der Waals surface area contributed by atoms with Gasteiger partial charge in [0.25, 0.3) is 0 Å². The van der Waals surface area contributed by atoms with E-state index in [2.05, 4.69) is 21.0 Å². The molecule has 0 aliphatic carbocycles. The minimum absolute atomic E-state index is 0.0485. The van der Waals surface area contributed by atoms with Crippen LogP contribution in [0.1, 0.15) is 0 Å². The topological polar surface area (TPSA) is 43.8 Å². The zero-order chi connectivity index (χ0) is 10.5. The molecule has 0 unspecified atom stereocenters. The highest BCUT2D eigenvalue weighted by Crippen LogP contribution is 2.34. The molecule has 1 aromatic heterocycles. The Hall–Kier alpha value is -0.810. The number of anilines is 1. The number of benzene rings is 1. The van der Waals surface area contributed by atoms with E-state index in [4.69, 9.17) is 17.3 Å². The van der Waals surface area contributed by atoms with Gasteiger partial charge in [0.15, 0.2) is 11.6 Å². The van der Waals surface area contributed by atoms with E-state index >= 15 is 0 Å². The normalized spacial score (nSPS) is 11.1. The second-order valence-corrected chi connectivity index (χ2v) is 4.09. The van der Waals surface area contributed by atoms with E-state index in [9.17, 15) is 4.39 Å². The average molecular weight is 279 g/mol. The van der Waals surface area contributed by atoms with Gasteiger partial charge in [-0.25, -0.2) is 4.39 Å². The monoisotopic (exact) mass is 277 g/mol. The summed E-state index contributed by atoms with van der Waals surface area (Å²) in [5, 5.41) is 4.57. The second kappa shape index (κ2) is 3.10. The lowest BCUT2D eigenvalue weighted by atomic mass is 10.2. The average Bonchev–Trinajstić information content (AvgIpc) is 2.38. The van der Waals surface area contributed by atoms with Gasteiger partial charge in [-0.3, -0.25) is 4.68 Å². The van der Waals surface area contributed by atoms with Gasteiger partial charge in [0.05, 0.1) is 20.4 Å². The fraction of sp³-hybridized carbons (Fsp3) is 0.125. The van der Waals surface area contributed by atoms with Gasteiger partial charge in [-0.1, -0.05) is 11.6 Å². The number of fused-ring (bicyclic) bond motifs is 1. The van der Waals surface area contributed by atoms with Crippen LogP contribution in [0.3, 0.4) is 0 Å². The fourth-order valence-corrected chi connectivity index (χ4v) is 2.28. The highest BCUT2D eigenvalue weighted by atomic mass is 79.9. The molecule has 0 saturated heterocycles. The Bertz CT molecular complexity index is 523. The summed E-state index contributed by atoms with van der Waals surface area (Å²) in [7, 11) is 1.72. The summed E-state index contributed by atoms with van der Waals surface area (Å²) in [6.45, 7) is 0. The quantitative estimate of drug-likeness (QED) is 0.753. The summed E-state index contributed by atoms with van der Waals surface area (Å²) < 4.78 is 15.2. The maximum Gasteiger partial charge on any atom is 0.156 e. The molecule has 2 rings (SSSR count). The maximum absolute atomic E-state index is 13.4. The molecule has 74 valence electrons. The molecule has 0 atom stereocenters. The lowest BCUT2D eigenvalue weighted by Gasteiger charge is -2.00. The number of hydrogen-bond acceptors (Lipinski definition) is 2. The summed E-state index contributed by atoms with van der Waals surface area (Å²) in [6.07, 6.45) is 0. The Balaban J connectivity index is 3.01. The fourth-order valence-electron chi connectivity index (χ4n) is 1.35. The van der Waals surface area contributed by atoms with Crippen molar-refractivity contribution < 1.29 is 4.39 Å². The van der Waals surface area contributed by atoms with Crippen LogP contribution >= 0.6 is 27.5 Å². The van der Waals surface area contributed by atoms with Crippen molar-refractivity contribution in [3.05, 3.63) is 21.4 Å². The van der Waals surface area contributed by atoms with Gasteiger partial charge in [-0.15, -0.1) is 0 Å². The molecule has 0 spiro atoms. The molecular weight excluding hydrogens is 272 g/mol. The molecule has 0 radical (unpaired) electrons. The Kier molecular flexibility index (Phi) is 2.16. The lowest BCUT2D eigenvalue weighted by molar-refractivity contribution is 0.624. The van der Waals surface area contributed by atoms with Crippen LogP contribution in [0.2, 0.25) is 5.02 Å². The summed E-state index contributed by atoms with van der Waals surface area (Å²) in [5.41, 5.74) is 6.32. The van der Waals surface area contributed by atoms with Crippen LogP contribution in [0.5, 0.6) is 0 Å². The SMILES string of the molecule is Cn1nc(N)c2c(Br)c(F)c(Cl)cc21. The van der Waals surface area contributed by atoms with E-state index < -0.39 is 5.82 Å². The molecule has 2 N–H and O–H groups in total. The third-order valence-corrected chi connectivity index (χ3v) is 3.02. The van der Waals surface area contributed by atoms with Crippen LogP contribution in [0, 0.1) is 5.82 Å². The summed E-state index contributed by atoms with van der Waals surface area (Å²) >= 11 is 8.79. The Labute approximate surface area is 92.8 Å². The predicted molar refractivity (Wildman–Crippen MR) is 57.8 cm³/mol. The standard InChI is InChI=1S/C8H6BrClFN3/c1-14-4-2-3(10)7(11)6(9)5(4)8(12)13-14/h2H,1H3,(H2,12,13). The van der Waals surface area contributed by atoms with Gasteiger partial charge in [-0.2, -0.15) is 5.10 Å². The Morgan fingerprint density at radius 3 is 2.93 bits per heavy atom. The minimum atomic E-state index is -0.515. The van der Waals surface area contributed by atoms with Gasteiger partial charge >= 0.3 is 0 Å². The van der Waals surface area contributed by atoms with Crippen LogP contribution in [0.25, 0.3) is 10.9 Å². The summed E-state index contributed by atoms with van der Waals surface area (Å²) in [5.74, 6) is -0.233. The zero-order valence-electron chi connectivity index (χ0n) is 7.18. The molecule has 0 saturated carbocycles. The molecule has 0 bridgehead atoms. The number of nitrogen functional groups attached to an aromatic ring is 1. The Morgan fingerprint density at radius 2 is 2.29 bits per heavy atom. The summed E-state index contributed by atoms with van der Waals surface area (Å²) in [4.78, 5) is 0. The van der Waals surface area contributed by atoms with Crippen molar-refractivity contribution in [3.63, 3.8) is 0 Å². The molecule has 1 heterocycles. The number of rotatable bonds is 0. The van der Waals surface area contributed by atoms with E-state index in [-0.39, 0.29) is 15.3 Å². The van der Waals surface area contributed by atoms with Crippen molar-refractivity contribution in [2.45, 2.75) is 0 Å². The van der Waals surface area contributed by atoms with Crippen molar-refractivity contribution in [2.75, 3.05) is 5.73 Å². The van der Waals surface area contributed by atoms with Crippen molar-refractivity contribution in [1.82, 2.24) is 9.78 Å². The molecule has 2 aromatic rings. The zero-order valence-corrected chi connectivity index (χ0v) is 9.52. The predicted octanol–water partition coefficient (Wildman–Crippen LogP) is 2.71. The van der Waals surface area contributed by atoms with Crippen molar-refractivity contribution in [2.24, 2.45) is 7.05 Å². The first-order chi connectivity index (χ1) is 6.52. The van der Waals surface area contributed by atoms with Gasteiger partial charge in [-0.05, 0) is 22.0 Å². The van der Waals surface area contributed by atoms with Crippen LogP contribution in [-0.2, 0) is 7.05 Å². The van der Waals surface area contributed by atoms with Crippen molar-refractivity contribution >= 4 is 44.3 Å². The maximum atomic E-state index is 13.4. The first kappa shape index (κ1) is 9.73. The number of hydrogen-bond donors (Lipinski definition) is 1. The number of halogens is 3. The molecule has 14 heavy (non-hydrogen) atoms. The number of aromatic nitrogens is 2. The third-order valence-electron chi connectivity index (χ3n) is 2.00. The smallest absolute Gasteiger partial charge is 0.156 e. The molecular formula is C8H6BrClFN3. The highest BCUT2D eigenvalue weighted by Gasteiger charge is 2.15. The molecule has 3 nitrogen and oxygen atoms in total. The highest BCUT2D eigenvalue weighted by molar-refractivity contribution is 9.10. The van der Waals surface area contributed by atoms with E-state index in [0.29, 0.717) is 10.9 Å². The number of aryl methyl sites for hydroxylation is 1. The van der Waals surface area contributed by atoms with Gasteiger partial charge in [0, 0.05) is 7.05 Å². The number of nitrogens with zero attached hydrogens (tertiary/aromatic N) is 2. The van der Waals surface area contributed by atoms with Crippen molar-refractivity contribution in [3.8, 4) is 0 Å². The van der Waals surface area contributed by atoms with Gasteiger partial charge in [0.1, 0.15) is 0 Å². The van der Waals surface area contributed by atoms with Crippen molar-refractivity contribution in [1.29, 1.82) is 0 Å². The van der Waals surface area contributed by atoms with E-state index in [1.165, 1.54) is 6.07 Å². The first-order valence-corrected chi connectivity index (χ1v) is 4.95. The molecule has 0 fully saturated rings. The minimum Gasteiger partial charge on any atom is -0.382 e. The molecule has 6 heteroatoms. The van der Waals surface area contributed by atoms with E-state index in [0.717, 1.165) is 0 Å². The van der Waals surface area contributed by atoms with Crippen LogP contribution in [-0.4, -0.2) is 9.78 Å². The molecule has 0 aliphatic heterocycles. The van der Waals surface area contributed by atoms with Crippen LogP contribution in [0.4, 0.5) is 10.2 Å². The third kappa shape index (κ3) is 1.19. The molecule has 0 amide bonds. The molecule has 1 aromatic carbocycles. The van der Waals surface area contributed by atoms with Crippen LogP contribution < -0.4 is 5.73 Å². The largest absolute Gasteiger partial charge is 0.382 e. The van der Waals surface area contributed by atoms with Gasteiger partial charge < -0.3 is 5.73 Å². The van der Waals surface area contributed by atoms with Crippen LogP contribution in [0.15, 0.2) is 10.5 Å². The van der Waals surface area contributed by atoms with E-state index in [1.807, 2.05) is 0 Å². The Morgan fingerprint density at radius 1 is 1.64 bits per heavy atom. The second-order valence-electron chi connectivity index (χ2n) is 2.89. The number of nitrogens with two attached hydrogens (primary N) is 1. The van der Waals surface area contributed by atoms with Gasteiger partial charge in [0.2, 0.25) is 0 Å². The lowest BCUT2D eigenvalue weighted by Crippen LogP contribution is -1.91. The summed E-state index contributed by atoms with van der Waals surface area (Å²) in [6, 6.07) is 1.50.